The van der Waals surface area contributed by atoms with Gasteiger partial charge in [0, 0.05) is 6.42 Å². The summed E-state index contributed by atoms with van der Waals surface area (Å²) in [6.45, 7) is 2.22. The van der Waals surface area contributed by atoms with Crippen LogP contribution in [0.5, 0.6) is 0 Å². The molecule has 102 valence electrons. The molecule has 0 saturated carbocycles. The Morgan fingerprint density at radius 3 is 2.00 bits per heavy atom. The first-order valence-corrected chi connectivity index (χ1v) is 6.94. The largest absolute Gasteiger partial charge is 0.481 e. The van der Waals surface area contributed by atoms with Gasteiger partial charge in [0.05, 0.1) is 0 Å². The van der Waals surface area contributed by atoms with Crippen LogP contribution in [0.25, 0.3) is 0 Å². The lowest BCUT2D eigenvalue weighted by Crippen LogP contribution is -1.91. The van der Waals surface area contributed by atoms with E-state index in [1.807, 2.05) is 12.2 Å². The topological polar surface area (TPSA) is 37.3 Å². The maximum Gasteiger partial charge on any atom is 0.303 e. The van der Waals surface area contributed by atoms with E-state index in [0.717, 1.165) is 12.8 Å². The first-order valence-electron chi connectivity index (χ1n) is 6.94. The third-order valence-electron chi connectivity index (χ3n) is 2.54. The maximum absolute atomic E-state index is 10.2. The second kappa shape index (κ2) is 13.8. The van der Waals surface area contributed by atoms with Crippen molar-refractivity contribution < 1.29 is 9.90 Å². The van der Waals surface area contributed by atoms with Gasteiger partial charge in [-0.15, -0.1) is 0 Å². The molecule has 18 heavy (non-hydrogen) atoms. The van der Waals surface area contributed by atoms with Gasteiger partial charge in [-0.25, -0.2) is 0 Å². The molecule has 0 aromatic rings. The summed E-state index contributed by atoms with van der Waals surface area (Å²) in [6, 6.07) is 0. The van der Waals surface area contributed by atoms with Crippen LogP contribution in [0, 0.1) is 0 Å². The highest BCUT2D eigenvalue weighted by Crippen LogP contribution is 2.00. The molecule has 0 heterocycles. The van der Waals surface area contributed by atoms with Crippen molar-refractivity contribution in [2.24, 2.45) is 0 Å². The van der Waals surface area contributed by atoms with Crippen molar-refractivity contribution in [2.45, 2.75) is 58.3 Å². The molecule has 0 aromatic carbocycles. The van der Waals surface area contributed by atoms with Crippen LogP contribution in [-0.4, -0.2) is 11.1 Å². The number of allylic oxidation sites excluding steroid dienone is 6. The number of rotatable bonds is 11. The Morgan fingerprint density at radius 2 is 1.44 bits per heavy atom. The third kappa shape index (κ3) is 14.7. The summed E-state index contributed by atoms with van der Waals surface area (Å²) in [5.41, 5.74) is 0. The lowest BCUT2D eigenvalue weighted by atomic mass is 10.2. The molecule has 0 atom stereocenters. The van der Waals surface area contributed by atoms with Crippen LogP contribution >= 0.6 is 0 Å². The molecule has 1 N–H and O–H groups in total. The van der Waals surface area contributed by atoms with Gasteiger partial charge in [-0.05, 0) is 32.1 Å². The van der Waals surface area contributed by atoms with E-state index in [-0.39, 0.29) is 6.42 Å². The molecule has 0 radical (unpaired) electrons. The summed E-state index contributed by atoms with van der Waals surface area (Å²) in [5, 5.41) is 8.44. The Hall–Kier alpha value is -1.31. The SMILES string of the molecule is CCCCC/C=C/C/C=C/C/C=C/CCC(=O)O. The van der Waals surface area contributed by atoms with Gasteiger partial charge in [0.1, 0.15) is 0 Å². The number of aliphatic carboxylic acids is 1. The molecular weight excluding hydrogens is 224 g/mol. The van der Waals surface area contributed by atoms with Gasteiger partial charge in [0.2, 0.25) is 0 Å². The molecule has 0 rings (SSSR count). The average Bonchev–Trinajstić information content (AvgIpc) is 2.34. The second-order valence-electron chi connectivity index (χ2n) is 4.31. The lowest BCUT2D eigenvalue weighted by Gasteiger charge is -1.90. The fraction of sp³-hybridized carbons (Fsp3) is 0.562. The predicted molar refractivity (Wildman–Crippen MR) is 77.7 cm³/mol. The zero-order valence-corrected chi connectivity index (χ0v) is 11.5. The molecule has 0 fully saturated rings. The molecule has 0 aromatic heterocycles. The van der Waals surface area contributed by atoms with Crippen molar-refractivity contribution >= 4 is 5.97 Å². The van der Waals surface area contributed by atoms with Crippen LogP contribution in [0.15, 0.2) is 36.5 Å². The molecule has 2 nitrogen and oxygen atoms in total. The van der Waals surface area contributed by atoms with Crippen LogP contribution in [0.2, 0.25) is 0 Å². The number of unbranched alkanes of at least 4 members (excludes halogenated alkanes) is 3. The van der Waals surface area contributed by atoms with Crippen molar-refractivity contribution in [1.82, 2.24) is 0 Å². The van der Waals surface area contributed by atoms with Crippen LogP contribution < -0.4 is 0 Å². The van der Waals surface area contributed by atoms with Gasteiger partial charge in [0.15, 0.2) is 0 Å². The Morgan fingerprint density at radius 1 is 0.889 bits per heavy atom. The van der Waals surface area contributed by atoms with Crippen molar-refractivity contribution in [3.05, 3.63) is 36.5 Å². The van der Waals surface area contributed by atoms with Crippen LogP contribution in [0.1, 0.15) is 58.3 Å². The number of carboxylic acids is 1. The number of carbonyl (C=O) groups is 1. The summed E-state index contributed by atoms with van der Waals surface area (Å²) < 4.78 is 0. The third-order valence-corrected chi connectivity index (χ3v) is 2.54. The van der Waals surface area contributed by atoms with Crippen LogP contribution in [0.4, 0.5) is 0 Å². The van der Waals surface area contributed by atoms with E-state index in [9.17, 15) is 4.79 Å². The zero-order chi connectivity index (χ0) is 13.5. The van der Waals surface area contributed by atoms with Gasteiger partial charge in [0.25, 0.3) is 0 Å². The highest BCUT2D eigenvalue weighted by atomic mass is 16.4. The smallest absolute Gasteiger partial charge is 0.303 e. The first kappa shape index (κ1) is 16.7. The minimum Gasteiger partial charge on any atom is -0.481 e. The number of hydrogen-bond donors (Lipinski definition) is 1. The van der Waals surface area contributed by atoms with Crippen molar-refractivity contribution in [1.29, 1.82) is 0 Å². The Kier molecular flexibility index (Phi) is 12.8. The second-order valence-corrected chi connectivity index (χ2v) is 4.31. The summed E-state index contributed by atoms with van der Waals surface area (Å²) in [4.78, 5) is 10.2. The van der Waals surface area contributed by atoms with E-state index in [1.54, 1.807) is 0 Å². The summed E-state index contributed by atoms with van der Waals surface area (Å²) in [5.74, 6) is -0.733. The molecule has 0 saturated heterocycles. The molecule has 0 aliphatic heterocycles. The molecule has 0 aliphatic rings. The van der Waals surface area contributed by atoms with Gasteiger partial charge < -0.3 is 5.11 Å². The highest BCUT2D eigenvalue weighted by Gasteiger charge is 1.90. The predicted octanol–water partition coefficient (Wildman–Crippen LogP) is 4.88. The highest BCUT2D eigenvalue weighted by molar-refractivity contribution is 5.66. The Balaban J connectivity index is 3.34. The molecular formula is C16H26O2. The zero-order valence-electron chi connectivity index (χ0n) is 11.5. The van der Waals surface area contributed by atoms with Crippen LogP contribution in [0.3, 0.4) is 0 Å². The molecule has 2 heteroatoms. The first-order chi connectivity index (χ1) is 8.77. The van der Waals surface area contributed by atoms with E-state index in [4.69, 9.17) is 5.11 Å². The number of carboxylic acid groups (broad SMARTS) is 1. The maximum atomic E-state index is 10.2. The van der Waals surface area contributed by atoms with Gasteiger partial charge in [-0.1, -0.05) is 56.2 Å². The quantitative estimate of drug-likeness (QED) is 0.419. The minimum atomic E-state index is -0.733. The molecule has 0 amide bonds. The molecule has 0 aliphatic carbocycles. The monoisotopic (exact) mass is 250 g/mol. The Bertz CT molecular complexity index is 275. The molecule has 0 unspecified atom stereocenters. The molecule has 0 bridgehead atoms. The van der Waals surface area contributed by atoms with E-state index in [1.165, 1.54) is 25.7 Å². The Labute approximate surface area is 111 Å². The fourth-order valence-corrected chi connectivity index (χ4v) is 1.50. The average molecular weight is 250 g/mol. The van der Waals surface area contributed by atoms with E-state index in [2.05, 4.69) is 31.2 Å². The summed E-state index contributed by atoms with van der Waals surface area (Å²) in [7, 11) is 0. The van der Waals surface area contributed by atoms with Gasteiger partial charge >= 0.3 is 5.97 Å². The van der Waals surface area contributed by atoms with Gasteiger partial charge in [-0.3, -0.25) is 4.79 Å². The van der Waals surface area contributed by atoms with E-state index in [0.29, 0.717) is 6.42 Å². The fourth-order valence-electron chi connectivity index (χ4n) is 1.50. The van der Waals surface area contributed by atoms with Crippen molar-refractivity contribution in [2.75, 3.05) is 0 Å². The van der Waals surface area contributed by atoms with E-state index < -0.39 is 5.97 Å². The summed E-state index contributed by atoms with van der Waals surface area (Å²) >= 11 is 0. The van der Waals surface area contributed by atoms with Gasteiger partial charge in [-0.2, -0.15) is 0 Å². The normalized spacial score (nSPS) is 12.1. The molecule has 0 spiro atoms. The van der Waals surface area contributed by atoms with Crippen LogP contribution in [-0.2, 0) is 4.79 Å². The standard InChI is InChI=1S/C16H26O2/c1-2-3-4-5-6-7-8-9-10-11-12-13-14-15-16(17)18/h6-7,9-10,12-13H,2-5,8,11,14-15H2,1H3,(H,17,18)/b7-6+,10-9+,13-12+. The minimum absolute atomic E-state index is 0.223. The summed E-state index contributed by atoms with van der Waals surface area (Å²) in [6.07, 6.45) is 20.5. The lowest BCUT2D eigenvalue weighted by molar-refractivity contribution is -0.136. The van der Waals surface area contributed by atoms with Crippen molar-refractivity contribution in [3.63, 3.8) is 0 Å². The van der Waals surface area contributed by atoms with Crippen molar-refractivity contribution in [3.8, 4) is 0 Å². The number of hydrogen-bond acceptors (Lipinski definition) is 1. The van der Waals surface area contributed by atoms with E-state index >= 15 is 0 Å².